The van der Waals surface area contributed by atoms with Crippen LogP contribution in [0.3, 0.4) is 0 Å². The maximum atomic E-state index is 13.1. The first-order chi connectivity index (χ1) is 14.7. The van der Waals surface area contributed by atoms with E-state index in [0.29, 0.717) is 24.6 Å². The van der Waals surface area contributed by atoms with E-state index in [4.69, 9.17) is 9.26 Å². The number of aryl methyl sites for hydroxylation is 1. The van der Waals surface area contributed by atoms with Crippen molar-refractivity contribution in [2.24, 2.45) is 0 Å². The first-order valence-corrected chi connectivity index (χ1v) is 10.6. The average Bonchev–Trinajstić information content (AvgIpc) is 3.16. The summed E-state index contributed by atoms with van der Waals surface area (Å²) in [6, 6.07) is 17.5. The monoisotopic (exact) mass is 405 g/mol. The molecule has 1 amide bonds. The Labute approximate surface area is 176 Å². The van der Waals surface area contributed by atoms with Crippen LogP contribution in [0.25, 0.3) is 11.4 Å². The Hall–Kier alpha value is -3.15. The third kappa shape index (κ3) is 4.70. The second-order valence-corrected chi connectivity index (χ2v) is 7.62. The molecular weight excluding hydrogens is 378 g/mol. The molecule has 156 valence electrons. The molecular formula is C24H27N3O3. The highest BCUT2D eigenvalue weighted by atomic mass is 16.5. The van der Waals surface area contributed by atoms with Crippen LogP contribution in [0.2, 0.25) is 0 Å². The van der Waals surface area contributed by atoms with Gasteiger partial charge in [0.05, 0.1) is 7.11 Å². The molecule has 1 aliphatic heterocycles. The summed E-state index contributed by atoms with van der Waals surface area (Å²) in [7, 11) is 1.65. The van der Waals surface area contributed by atoms with E-state index < -0.39 is 0 Å². The quantitative estimate of drug-likeness (QED) is 0.588. The number of hydrogen-bond donors (Lipinski definition) is 0. The highest BCUT2D eigenvalue weighted by Gasteiger charge is 2.30. The second kappa shape index (κ2) is 9.57. The second-order valence-electron chi connectivity index (χ2n) is 7.62. The molecule has 1 fully saturated rings. The van der Waals surface area contributed by atoms with Crippen molar-refractivity contribution in [2.45, 2.75) is 44.6 Å². The Kier molecular flexibility index (Phi) is 6.42. The highest BCUT2D eigenvalue weighted by Crippen LogP contribution is 2.31. The van der Waals surface area contributed by atoms with Gasteiger partial charge in [-0.15, -0.1) is 0 Å². The van der Waals surface area contributed by atoms with Crippen molar-refractivity contribution in [3.63, 3.8) is 0 Å². The Morgan fingerprint density at radius 1 is 1.10 bits per heavy atom. The number of aromatic nitrogens is 2. The molecule has 1 unspecified atom stereocenters. The van der Waals surface area contributed by atoms with Crippen LogP contribution in [0.4, 0.5) is 0 Å². The topological polar surface area (TPSA) is 68.5 Å². The summed E-state index contributed by atoms with van der Waals surface area (Å²) in [4.78, 5) is 19.7. The number of nitrogens with zero attached hydrogens (tertiary/aromatic N) is 3. The Morgan fingerprint density at radius 3 is 2.67 bits per heavy atom. The van der Waals surface area contributed by atoms with Crippen molar-refractivity contribution in [3.8, 4) is 17.1 Å². The lowest BCUT2D eigenvalue weighted by molar-refractivity contribution is -0.134. The van der Waals surface area contributed by atoms with Crippen molar-refractivity contribution in [1.29, 1.82) is 0 Å². The number of methoxy groups -OCH3 is 1. The van der Waals surface area contributed by atoms with E-state index in [2.05, 4.69) is 10.1 Å². The summed E-state index contributed by atoms with van der Waals surface area (Å²) in [6.07, 6.45) is 5.18. The molecule has 0 aliphatic carbocycles. The Balaban J connectivity index is 1.47. The van der Waals surface area contributed by atoms with Gasteiger partial charge in [0.25, 0.3) is 0 Å². The molecule has 2 heterocycles. The van der Waals surface area contributed by atoms with E-state index >= 15 is 0 Å². The number of hydrogen-bond acceptors (Lipinski definition) is 5. The summed E-state index contributed by atoms with van der Waals surface area (Å²) in [6.45, 7) is 0.731. The van der Waals surface area contributed by atoms with E-state index in [1.54, 1.807) is 7.11 Å². The smallest absolute Gasteiger partial charge is 0.249 e. The number of ether oxygens (including phenoxy) is 1. The van der Waals surface area contributed by atoms with Crippen LogP contribution in [-0.4, -0.2) is 34.6 Å². The zero-order chi connectivity index (χ0) is 20.8. The molecule has 0 saturated carbocycles. The number of rotatable bonds is 6. The molecule has 1 saturated heterocycles. The molecule has 6 nitrogen and oxygen atoms in total. The highest BCUT2D eigenvalue weighted by molar-refractivity contribution is 5.77. The zero-order valence-electron chi connectivity index (χ0n) is 17.3. The third-order valence-corrected chi connectivity index (χ3v) is 5.62. The standard InChI is InChI=1S/C24H27N3O3/c1-29-20-14-11-18(12-15-20)13-16-22(28)27-17-7-3-6-10-21(27)24-25-23(26-30-24)19-8-4-2-5-9-19/h2,4-5,8-9,11-12,14-15,21H,3,6-7,10,13,16-17H2,1H3. The summed E-state index contributed by atoms with van der Waals surface area (Å²) in [5.74, 6) is 2.06. The summed E-state index contributed by atoms with van der Waals surface area (Å²) in [5.41, 5.74) is 2.04. The van der Waals surface area contributed by atoms with Crippen LogP contribution in [0.5, 0.6) is 5.75 Å². The number of carbonyl (C=O) groups is 1. The molecule has 30 heavy (non-hydrogen) atoms. The van der Waals surface area contributed by atoms with Gasteiger partial charge < -0.3 is 14.2 Å². The molecule has 0 bridgehead atoms. The largest absolute Gasteiger partial charge is 0.497 e. The van der Waals surface area contributed by atoms with Crippen molar-refractivity contribution in [2.75, 3.05) is 13.7 Å². The molecule has 1 aromatic heterocycles. The van der Waals surface area contributed by atoms with Gasteiger partial charge in [0.15, 0.2) is 0 Å². The SMILES string of the molecule is COc1ccc(CCC(=O)N2CCCCCC2c2nc(-c3ccccc3)no2)cc1. The predicted molar refractivity (Wildman–Crippen MR) is 114 cm³/mol. The summed E-state index contributed by atoms with van der Waals surface area (Å²) < 4.78 is 10.8. The molecule has 4 rings (SSSR count). The van der Waals surface area contributed by atoms with E-state index in [1.807, 2.05) is 59.5 Å². The van der Waals surface area contributed by atoms with Gasteiger partial charge in [0.1, 0.15) is 11.8 Å². The van der Waals surface area contributed by atoms with Crippen LogP contribution in [0.1, 0.15) is 49.6 Å². The fourth-order valence-electron chi connectivity index (χ4n) is 3.93. The van der Waals surface area contributed by atoms with Crippen molar-refractivity contribution >= 4 is 5.91 Å². The van der Waals surface area contributed by atoms with Gasteiger partial charge in [-0.25, -0.2) is 0 Å². The minimum Gasteiger partial charge on any atom is -0.497 e. The lowest BCUT2D eigenvalue weighted by atomic mass is 10.1. The minimum atomic E-state index is -0.152. The van der Waals surface area contributed by atoms with Crippen LogP contribution in [-0.2, 0) is 11.2 Å². The molecule has 3 aromatic rings. The molecule has 0 radical (unpaired) electrons. The van der Waals surface area contributed by atoms with Crippen molar-refractivity contribution in [3.05, 3.63) is 66.1 Å². The average molecular weight is 405 g/mol. The van der Waals surface area contributed by atoms with E-state index in [-0.39, 0.29) is 11.9 Å². The normalized spacial score (nSPS) is 16.8. The Bertz CT molecular complexity index is 953. The Morgan fingerprint density at radius 2 is 1.90 bits per heavy atom. The molecule has 1 aliphatic rings. The maximum Gasteiger partial charge on any atom is 0.249 e. The third-order valence-electron chi connectivity index (χ3n) is 5.62. The fourth-order valence-corrected chi connectivity index (χ4v) is 3.93. The van der Waals surface area contributed by atoms with Crippen LogP contribution in [0.15, 0.2) is 59.1 Å². The van der Waals surface area contributed by atoms with E-state index in [1.165, 1.54) is 0 Å². The predicted octanol–water partition coefficient (Wildman–Crippen LogP) is 4.82. The molecule has 0 spiro atoms. The van der Waals surface area contributed by atoms with Gasteiger partial charge in [-0.2, -0.15) is 4.98 Å². The molecule has 1 atom stereocenters. The molecule has 0 N–H and O–H groups in total. The molecule has 6 heteroatoms. The van der Waals surface area contributed by atoms with E-state index in [9.17, 15) is 4.79 Å². The lowest BCUT2D eigenvalue weighted by Gasteiger charge is -2.27. The van der Waals surface area contributed by atoms with Crippen LogP contribution >= 0.6 is 0 Å². The van der Waals surface area contributed by atoms with Gasteiger partial charge in [-0.05, 0) is 37.0 Å². The number of amides is 1. The first kappa shape index (κ1) is 20.1. The maximum absolute atomic E-state index is 13.1. The van der Waals surface area contributed by atoms with Gasteiger partial charge in [0, 0.05) is 18.5 Å². The van der Waals surface area contributed by atoms with Crippen LogP contribution < -0.4 is 4.74 Å². The molecule has 2 aromatic carbocycles. The van der Waals surface area contributed by atoms with Gasteiger partial charge in [-0.1, -0.05) is 60.5 Å². The zero-order valence-corrected chi connectivity index (χ0v) is 17.3. The lowest BCUT2D eigenvalue weighted by Crippen LogP contribution is -2.35. The van der Waals surface area contributed by atoms with Gasteiger partial charge >= 0.3 is 0 Å². The van der Waals surface area contributed by atoms with Crippen molar-refractivity contribution in [1.82, 2.24) is 15.0 Å². The minimum absolute atomic E-state index is 0.136. The number of carbonyl (C=O) groups excluding carboxylic acids is 1. The summed E-state index contributed by atoms with van der Waals surface area (Å²) >= 11 is 0. The fraction of sp³-hybridized carbons (Fsp3) is 0.375. The number of benzene rings is 2. The van der Waals surface area contributed by atoms with Crippen LogP contribution in [0, 0.1) is 0 Å². The van der Waals surface area contributed by atoms with Gasteiger partial charge in [0.2, 0.25) is 17.6 Å². The summed E-state index contributed by atoms with van der Waals surface area (Å²) in [5, 5.41) is 4.16. The van der Waals surface area contributed by atoms with Gasteiger partial charge in [-0.3, -0.25) is 4.79 Å². The van der Waals surface area contributed by atoms with E-state index in [0.717, 1.165) is 49.1 Å². The number of likely N-dealkylation sites (tertiary alicyclic amines) is 1. The van der Waals surface area contributed by atoms with Crippen molar-refractivity contribution < 1.29 is 14.1 Å². The first-order valence-electron chi connectivity index (χ1n) is 10.6.